The van der Waals surface area contributed by atoms with Gasteiger partial charge < -0.3 is 14.8 Å². The Balaban J connectivity index is 1.46. The first-order valence-corrected chi connectivity index (χ1v) is 11.1. The van der Waals surface area contributed by atoms with Crippen molar-refractivity contribution in [1.82, 2.24) is 4.90 Å². The van der Waals surface area contributed by atoms with E-state index in [1.807, 2.05) is 54.6 Å². The summed E-state index contributed by atoms with van der Waals surface area (Å²) in [7, 11) is 3.32. The molecule has 1 atom stereocenters. The molecule has 3 aromatic rings. The Kier molecular flexibility index (Phi) is 7.07. The van der Waals surface area contributed by atoms with Crippen molar-refractivity contribution in [2.45, 2.75) is 25.3 Å². The van der Waals surface area contributed by atoms with Crippen molar-refractivity contribution in [3.8, 4) is 11.5 Å². The van der Waals surface area contributed by atoms with E-state index in [2.05, 4.69) is 28.4 Å². The number of hydrogen-bond acceptors (Lipinski definition) is 4. The van der Waals surface area contributed by atoms with Gasteiger partial charge in [-0.05, 0) is 49.1 Å². The van der Waals surface area contributed by atoms with E-state index in [1.54, 1.807) is 14.2 Å². The summed E-state index contributed by atoms with van der Waals surface area (Å²) >= 11 is 0. The summed E-state index contributed by atoms with van der Waals surface area (Å²) < 4.78 is 10.9. The topological polar surface area (TPSA) is 50.8 Å². The highest BCUT2D eigenvalue weighted by Gasteiger charge is 2.30. The van der Waals surface area contributed by atoms with Crippen LogP contribution in [0.25, 0.3) is 0 Å². The van der Waals surface area contributed by atoms with E-state index in [1.165, 1.54) is 5.56 Å². The molecule has 1 fully saturated rings. The van der Waals surface area contributed by atoms with Crippen LogP contribution >= 0.6 is 0 Å². The van der Waals surface area contributed by atoms with Crippen LogP contribution in [0, 0.1) is 0 Å². The van der Waals surface area contributed by atoms with E-state index < -0.39 is 0 Å². The lowest BCUT2D eigenvalue weighted by Crippen LogP contribution is -2.33. The summed E-state index contributed by atoms with van der Waals surface area (Å²) in [4.78, 5) is 15.2. The van der Waals surface area contributed by atoms with Gasteiger partial charge in [-0.15, -0.1) is 0 Å². The Labute approximate surface area is 190 Å². The van der Waals surface area contributed by atoms with Crippen LogP contribution in [0.4, 0.5) is 5.69 Å². The molecule has 3 aromatic carbocycles. The molecule has 4 rings (SSSR count). The highest BCUT2D eigenvalue weighted by molar-refractivity contribution is 5.93. The highest BCUT2D eigenvalue weighted by atomic mass is 16.5. The first-order chi connectivity index (χ1) is 15.7. The number of ether oxygens (including phenoxy) is 2. The lowest BCUT2D eigenvalue weighted by molar-refractivity contribution is -0.117. The third kappa shape index (κ3) is 5.11. The molecule has 0 bridgehead atoms. The number of likely N-dealkylation sites (tertiary alicyclic amines) is 1. The standard InChI is InChI=1S/C27H30N2O3/c1-31-22-14-15-23(26(18-22)32-2)25-13-8-16-29(25)19-27(30)28-24-12-7-6-11-21(24)17-20-9-4-3-5-10-20/h3-7,9-12,14-15,18,25H,8,13,16-17,19H2,1-2H3,(H,28,30)/t25-/m1/s1. The molecule has 0 aliphatic carbocycles. The molecule has 0 unspecified atom stereocenters. The van der Waals surface area contributed by atoms with Gasteiger partial charge in [-0.2, -0.15) is 0 Å². The van der Waals surface area contributed by atoms with Crippen molar-refractivity contribution in [1.29, 1.82) is 0 Å². The minimum atomic E-state index is 0.00453. The number of para-hydroxylation sites is 1. The highest BCUT2D eigenvalue weighted by Crippen LogP contribution is 2.38. The number of methoxy groups -OCH3 is 2. The minimum absolute atomic E-state index is 0.00453. The molecule has 32 heavy (non-hydrogen) atoms. The van der Waals surface area contributed by atoms with Crippen LogP contribution in [-0.2, 0) is 11.2 Å². The number of rotatable bonds is 8. The third-order valence-electron chi connectivity index (χ3n) is 6.04. The average molecular weight is 431 g/mol. The van der Waals surface area contributed by atoms with Crippen LogP contribution in [0.2, 0.25) is 0 Å². The molecule has 1 aliphatic rings. The number of carbonyl (C=O) groups excluding carboxylic acids is 1. The maximum absolute atomic E-state index is 13.0. The molecule has 5 nitrogen and oxygen atoms in total. The number of anilines is 1. The predicted molar refractivity (Wildman–Crippen MR) is 127 cm³/mol. The second kappa shape index (κ2) is 10.3. The van der Waals surface area contributed by atoms with Crippen LogP contribution < -0.4 is 14.8 Å². The van der Waals surface area contributed by atoms with E-state index in [4.69, 9.17) is 9.47 Å². The zero-order valence-corrected chi connectivity index (χ0v) is 18.7. The van der Waals surface area contributed by atoms with Crippen molar-refractivity contribution in [3.05, 3.63) is 89.5 Å². The Morgan fingerprint density at radius 3 is 2.56 bits per heavy atom. The second-order valence-electron chi connectivity index (χ2n) is 8.10. The van der Waals surface area contributed by atoms with Crippen LogP contribution in [0.3, 0.4) is 0 Å². The Bertz CT molecular complexity index is 1050. The number of nitrogens with zero attached hydrogens (tertiary/aromatic N) is 1. The first kappa shape index (κ1) is 21.9. The smallest absolute Gasteiger partial charge is 0.238 e. The van der Waals surface area contributed by atoms with Gasteiger partial charge in [0.2, 0.25) is 5.91 Å². The monoisotopic (exact) mass is 430 g/mol. The molecule has 1 aliphatic heterocycles. The van der Waals surface area contributed by atoms with Crippen molar-refractivity contribution in [2.75, 3.05) is 32.6 Å². The first-order valence-electron chi connectivity index (χ1n) is 11.1. The van der Waals surface area contributed by atoms with Gasteiger partial charge in [-0.1, -0.05) is 54.6 Å². The lowest BCUT2D eigenvalue weighted by Gasteiger charge is -2.26. The molecule has 166 valence electrons. The fourth-order valence-electron chi connectivity index (χ4n) is 4.45. The van der Waals surface area contributed by atoms with E-state index in [-0.39, 0.29) is 11.9 Å². The fourth-order valence-corrected chi connectivity index (χ4v) is 4.45. The van der Waals surface area contributed by atoms with Gasteiger partial charge in [0.1, 0.15) is 11.5 Å². The van der Waals surface area contributed by atoms with Crippen LogP contribution in [0.1, 0.15) is 35.6 Å². The molecule has 1 heterocycles. The number of amides is 1. The Morgan fingerprint density at radius 1 is 1.00 bits per heavy atom. The van der Waals surface area contributed by atoms with Gasteiger partial charge in [-0.3, -0.25) is 9.69 Å². The van der Waals surface area contributed by atoms with Crippen LogP contribution in [-0.4, -0.2) is 38.1 Å². The maximum atomic E-state index is 13.0. The van der Waals surface area contributed by atoms with Gasteiger partial charge in [0, 0.05) is 23.4 Å². The molecule has 0 saturated carbocycles. The molecule has 1 saturated heterocycles. The molecule has 0 aromatic heterocycles. The van der Waals surface area contributed by atoms with Gasteiger partial charge in [0.15, 0.2) is 0 Å². The largest absolute Gasteiger partial charge is 0.497 e. The second-order valence-corrected chi connectivity index (χ2v) is 8.10. The third-order valence-corrected chi connectivity index (χ3v) is 6.04. The van der Waals surface area contributed by atoms with Crippen LogP contribution in [0.15, 0.2) is 72.8 Å². The zero-order chi connectivity index (χ0) is 22.3. The van der Waals surface area contributed by atoms with Gasteiger partial charge in [-0.25, -0.2) is 0 Å². The lowest BCUT2D eigenvalue weighted by atomic mass is 10.0. The molecule has 1 amide bonds. The van der Waals surface area contributed by atoms with Crippen molar-refractivity contribution in [2.24, 2.45) is 0 Å². The quantitative estimate of drug-likeness (QED) is 0.542. The van der Waals surface area contributed by atoms with Crippen molar-refractivity contribution < 1.29 is 14.3 Å². The Morgan fingerprint density at radius 2 is 1.78 bits per heavy atom. The minimum Gasteiger partial charge on any atom is -0.497 e. The normalized spacial score (nSPS) is 16.0. The van der Waals surface area contributed by atoms with E-state index in [0.29, 0.717) is 6.54 Å². The van der Waals surface area contributed by atoms with Gasteiger partial charge >= 0.3 is 0 Å². The average Bonchev–Trinajstić information content (AvgIpc) is 3.28. The van der Waals surface area contributed by atoms with Crippen LogP contribution in [0.5, 0.6) is 11.5 Å². The molecule has 1 N–H and O–H groups in total. The van der Waals surface area contributed by atoms with Crippen molar-refractivity contribution in [3.63, 3.8) is 0 Å². The van der Waals surface area contributed by atoms with Gasteiger partial charge in [0.25, 0.3) is 0 Å². The molecule has 0 spiro atoms. The van der Waals surface area contributed by atoms with Crippen molar-refractivity contribution >= 4 is 11.6 Å². The number of benzene rings is 3. The summed E-state index contributed by atoms with van der Waals surface area (Å²) in [5.41, 5.74) is 4.31. The van der Waals surface area contributed by atoms with Gasteiger partial charge in [0.05, 0.1) is 20.8 Å². The molecular formula is C27H30N2O3. The molecule has 0 radical (unpaired) electrons. The maximum Gasteiger partial charge on any atom is 0.238 e. The predicted octanol–water partition coefficient (Wildman–Crippen LogP) is 5.07. The molecule has 5 heteroatoms. The summed E-state index contributed by atoms with van der Waals surface area (Å²) in [5, 5.41) is 3.14. The van der Waals surface area contributed by atoms with E-state index >= 15 is 0 Å². The van der Waals surface area contributed by atoms with E-state index in [9.17, 15) is 4.79 Å². The number of carbonyl (C=O) groups is 1. The zero-order valence-electron chi connectivity index (χ0n) is 18.7. The summed E-state index contributed by atoms with van der Waals surface area (Å²) in [6.45, 7) is 1.23. The number of nitrogens with one attached hydrogen (secondary N) is 1. The summed E-state index contributed by atoms with van der Waals surface area (Å²) in [5.74, 6) is 1.57. The summed E-state index contributed by atoms with van der Waals surface area (Å²) in [6.07, 6.45) is 2.84. The number of hydrogen-bond donors (Lipinski definition) is 1. The summed E-state index contributed by atoms with van der Waals surface area (Å²) in [6, 6.07) is 24.4. The SMILES string of the molecule is COc1ccc([C@H]2CCCN2CC(=O)Nc2ccccc2Cc2ccccc2)c(OC)c1. The molecular weight excluding hydrogens is 400 g/mol. The fraction of sp³-hybridized carbons (Fsp3) is 0.296. The van der Waals surface area contributed by atoms with E-state index in [0.717, 1.165) is 54.1 Å². The Hall–Kier alpha value is -3.31.